The fourth-order valence-corrected chi connectivity index (χ4v) is 4.53. The summed E-state index contributed by atoms with van der Waals surface area (Å²) in [6.07, 6.45) is 0. The van der Waals surface area contributed by atoms with Gasteiger partial charge in [0.25, 0.3) is 0 Å². The van der Waals surface area contributed by atoms with Gasteiger partial charge in [-0.1, -0.05) is 66.7 Å². The van der Waals surface area contributed by atoms with Crippen LogP contribution in [0.2, 0.25) is 0 Å². The molecule has 1 N–H and O–H groups in total. The number of fused-ring (bicyclic) bond motifs is 2. The van der Waals surface area contributed by atoms with Gasteiger partial charge in [-0.25, -0.2) is 0 Å². The minimum Gasteiger partial charge on any atom is -0.494 e. The van der Waals surface area contributed by atoms with Crippen LogP contribution >= 0.6 is 0 Å². The van der Waals surface area contributed by atoms with E-state index in [1.165, 1.54) is 0 Å². The molecule has 0 bridgehead atoms. The molecule has 0 aliphatic rings. The Labute approximate surface area is 203 Å². The molecule has 0 fully saturated rings. The lowest BCUT2D eigenvalue weighted by Gasteiger charge is -2.22. The van der Waals surface area contributed by atoms with E-state index in [-0.39, 0.29) is 23.9 Å². The minimum absolute atomic E-state index is 0.0237. The van der Waals surface area contributed by atoms with Crippen molar-refractivity contribution < 1.29 is 9.53 Å². The third-order valence-electron chi connectivity index (χ3n) is 6.14. The summed E-state index contributed by atoms with van der Waals surface area (Å²) in [5.41, 5.74) is 3.40. The van der Waals surface area contributed by atoms with Crippen molar-refractivity contribution in [1.29, 1.82) is 0 Å². The van der Waals surface area contributed by atoms with Crippen LogP contribution in [0.4, 0.5) is 0 Å². The van der Waals surface area contributed by atoms with Gasteiger partial charge in [-0.2, -0.15) is 0 Å². The first kappa shape index (κ1) is 22.4. The van der Waals surface area contributed by atoms with Crippen LogP contribution in [-0.4, -0.2) is 17.1 Å². The fourth-order valence-electron chi connectivity index (χ4n) is 4.53. The lowest BCUT2D eigenvalue weighted by Crippen LogP contribution is -2.32. The maximum absolute atomic E-state index is 13.5. The number of hydrogen-bond donors (Lipinski definition) is 1. The SMILES string of the molecule is CCOc1ccc(C(NC(=O)Cn2c3ccccc3c(=O)c3ccccc32)c2ccccc2)cc1. The second-order valence-corrected chi connectivity index (χ2v) is 8.36. The van der Waals surface area contributed by atoms with E-state index in [4.69, 9.17) is 4.74 Å². The second-order valence-electron chi connectivity index (χ2n) is 8.36. The number of ether oxygens (including phenoxy) is 1. The molecule has 174 valence electrons. The second kappa shape index (κ2) is 9.85. The molecule has 1 unspecified atom stereocenters. The van der Waals surface area contributed by atoms with Gasteiger partial charge in [-0.05, 0) is 54.4 Å². The van der Waals surface area contributed by atoms with Crippen LogP contribution in [0.3, 0.4) is 0 Å². The van der Waals surface area contributed by atoms with Crippen molar-refractivity contribution >= 4 is 27.7 Å². The van der Waals surface area contributed by atoms with Crippen LogP contribution < -0.4 is 15.5 Å². The zero-order chi connectivity index (χ0) is 24.2. The highest BCUT2D eigenvalue weighted by molar-refractivity contribution is 5.95. The molecule has 1 amide bonds. The molecular weight excluding hydrogens is 436 g/mol. The summed E-state index contributed by atoms with van der Waals surface area (Å²) in [6, 6.07) is 32.2. The lowest BCUT2D eigenvalue weighted by molar-refractivity contribution is -0.122. The number of hydrogen-bond acceptors (Lipinski definition) is 3. The molecule has 4 aromatic carbocycles. The highest BCUT2D eigenvalue weighted by Gasteiger charge is 2.19. The number of para-hydroxylation sites is 2. The van der Waals surface area contributed by atoms with E-state index in [1.54, 1.807) is 0 Å². The first-order chi connectivity index (χ1) is 17.2. The van der Waals surface area contributed by atoms with Crippen LogP contribution in [0.25, 0.3) is 21.8 Å². The third-order valence-corrected chi connectivity index (χ3v) is 6.14. The molecule has 5 nitrogen and oxygen atoms in total. The van der Waals surface area contributed by atoms with E-state index in [9.17, 15) is 9.59 Å². The first-order valence-electron chi connectivity index (χ1n) is 11.7. The highest BCUT2D eigenvalue weighted by atomic mass is 16.5. The summed E-state index contributed by atoms with van der Waals surface area (Å²) in [4.78, 5) is 26.5. The van der Waals surface area contributed by atoms with Gasteiger partial charge >= 0.3 is 0 Å². The van der Waals surface area contributed by atoms with Gasteiger partial charge in [0.15, 0.2) is 5.43 Å². The maximum atomic E-state index is 13.5. The lowest BCUT2D eigenvalue weighted by atomic mass is 9.98. The van der Waals surface area contributed by atoms with Gasteiger partial charge in [-0.3, -0.25) is 9.59 Å². The van der Waals surface area contributed by atoms with E-state index in [2.05, 4.69) is 5.32 Å². The van der Waals surface area contributed by atoms with Gasteiger partial charge in [0, 0.05) is 10.8 Å². The third kappa shape index (κ3) is 4.53. The number of nitrogens with zero attached hydrogens (tertiary/aromatic N) is 1. The van der Waals surface area contributed by atoms with E-state index in [1.807, 2.05) is 115 Å². The molecule has 0 radical (unpaired) electrons. The number of rotatable bonds is 7. The summed E-state index contributed by atoms with van der Waals surface area (Å²) in [5.74, 6) is 0.646. The van der Waals surface area contributed by atoms with Gasteiger partial charge in [0.05, 0.1) is 23.7 Å². The van der Waals surface area contributed by atoms with Gasteiger partial charge in [-0.15, -0.1) is 0 Å². The van der Waals surface area contributed by atoms with Crippen molar-refractivity contribution in [1.82, 2.24) is 9.88 Å². The Hall–Kier alpha value is -4.38. The number of aromatic nitrogens is 1. The number of carbonyl (C=O) groups is 1. The Morgan fingerprint density at radius 2 is 1.31 bits per heavy atom. The minimum atomic E-state index is -0.323. The van der Waals surface area contributed by atoms with E-state index in [0.717, 1.165) is 27.9 Å². The van der Waals surface area contributed by atoms with E-state index >= 15 is 0 Å². The van der Waals surface area contributed by atoms with Crippen molar-refractivity contribution in [3.8, 4) is 5.75 Å². The van der Waals surface area contributed by atoms with Crippen LogP contribution in [0, 0.1) is 0 Å². The maximum Gasteiger partial charge on any atom is 0.240 e. The zero-order valence-electron chi connectivity index (χ0n) is 19.5. The van der Waals surface area contributed by atoms with Crippen molar-refractivity contribution in [2.24, 2.45) is 0 Å². The van der Waals surface area contributed by atoms with Crippen LogP contribution in [-0.2, 0) is 11.3 Å². The van der Waals surface area contributed by atoms with E-state index in [0.29, 0.717) is 17.4 Å². The van der Waals surface area contributed by atoms with Crippen molar-refractivity contribution in [3.63, 3.8) is 0 Å². The average molecular weight is 463 g/mol. The smallest absolute Gasteiger partial charge is 0.240 e. The number of pyridine rings is 1. The Bertz CT molecular complexity index is 1480. The Balaban J connectivity index is 1.52. The van der Waals surface area contributed by atoms with Crippen molar-refractivity contribution in [2.75, 3.05) is 6.61 Å². The molecule has 0 spiro atoms. The molecule has 0 saturated heterocycles. The Kier molecular flexibility index (Phi) is 6.31. The molecule has 1 atom stereocenters. The summed E-state index contributed by atoms with van der Waals surface area (Å²) < 4.78 is 7.50. The monoisotopic (exact) mass is 462 g/mol. The standard InChI is InChI=1S/C30H26N2O3/c1-2-35-23-18-16-22(17-19-23)29(21-10-4-3-5-11-21)31-28(33)20-32-26-14-8-6-12-24(26)30(34)25-13-7-9-15-27(25)32/h3-19,29H,2,20H2,1H3,(H,31,33). The Morgan fingerprint density at radius 3 is 1.91 bits per heavy atom. The van der Waals surface area contributed by atoms with Crippen molar-refractivity contribution in [3.05, 3.63) is 124 Å². The summed E-state index contributed by atoms with van der Waals surface area (Å²) >= 11 is 0. The van der Waals surface area contributed by atoms with Gasteiger partial charge in [0.1, 0.15) is 12.3 Å². The zero-order valence-corrected chi connectivity index (χ0v) is 19.5. The highest BCUT2D eigenvalue weighted by Crippen LogP contribution is 2.25. The van der Waals surface area contributed by atoms with Gasteiger partial charge in [0.2, 0.25) is 5.91 Å². The predicted molar refractivity (Wildman–Crippen MR) is 140 cm³/mol. The first-order valence-corrected chi connectivity index (χ1v) is 11.7. The van der Waals surface area contributed by atoms with Crippen LogP contribution in [0.15, 0.2) is 108 Å². The molecule has 5 rings (SSSR count). The normalized spacial score (nSPS) is 11.9. The number of nitrogens with one attached hydrogen (secondary N) is 1. The van der Waals surface area contributed by atoms with Crippen LogP contribution in [0.1, 0.15) is 24.1 Å². The molecule has 5 aromatic rings. The largest absolute Gasteiger partial charge is 0.494 e. The van der Waals surface area contributed by atoms with Crippen molar-refractivity contribution in [2.45, 2.75) is 19.5 Å². The number of amides is 1. The summed E-state index contributed by atoms with van der Waals surface area (Å²) in [6.45, 7) is 2.63. The quantitative estimate of drug-likeness (QED) is 0.327. The van der Waals surface area contributed by atoms with Crippen LogP contribution in [0.5, 0.6) is 5.75 Å². The molecule has 1 heterocycles. The topological polar surface area (TPSA) is 60.3 Å². The Morgan fingerprint density at radius 1 is 0.771 bits per heavy atom. The predicted octanol–water partition coefficient (Wildman–Crippen LogP) is 5.46. The number of benzene rings is 4. The molecule has 5 heteroatoms. The van der Waals surface area contributed by atoms with E-state index < -0.39 is 0 Å². The number of carbonyl (C=O) groups excluding carboxylic acids is 1. The molecule has 0 aliphatic heterocycles. The summed E-state index contributed by atoms with van der Waals surface area (Å²) in [7, 11) is 0. The molecule has 0 saturated carbocycles. The molecular formula is C30H26N2O3. The van der Waals surface area contributed by atoms with Gasteiger partial charge < -0.3 is 14.6 Å². The summed E-state index contributed by atoms with van der Waals surface area (Å²) in [5, 5.41) is 4.42. The average Bonchev–Trinajstić information content (AvgIpc) is 2.91. The fraction of sp³-hybridized carbons (Fsp3) is 0.133. The molecule has 1 aromatic heterocycles. The molecule has 35 heavy (non-hydrogen) atoms. The molecule has 0 aliphatic carbocycles.